The van der Waals surface area contributed by atoms with Crippen molar-refractivity contribution in [2.45, 2.75) is 57.7 Å². The fourth-order valence-corrected chi connectivity index (χ4v) is 3.14. The molecule has 0 radical (unpaired) electrons. The van der Waals surface area contributed by atoms with E-state index in [1.54, 1.807) is 9.47 Å². The van der Waals surface area contributed by atoms with Gasteiger partial charge in [-0.15, -0.1) is 0 Å². The first-order valence-electron chi connectivity index (χ1n) is 7.77. The van der Waals surface area contributed by atoms with Crippen LogP contribution in [0, 0.1) is 0 Å². The topological polar surface area (TPSA) is 80.4 Å². The van der Waals surface area contributed by atoms with Gasteiger partial charge in [-0.25, -0.2) is 9.48 Å². The molecule has 1 fully saturated rings. The molecule has 1 N–H and O–H groups in total. The van der Waals surface area contributed by atoms with Gasteiger partial charge in [0.25, 0.3) is 0 Å². The Bertz CT molecular complexity index is 577. The maximum absolute atomic E-state index is 12.3. The molecule has 7 heteroatoms. The first-order valence-corrected chi connectivity index (χ1v) is 7.77. The van der Waals surface area contributed by atoms with Crippen LogP contribution in [0.15, 0.2) is 4.79 Å². The van der Waals surface area contributed by atoms with Gasteiger partial charge in [0, 0.05) is 26.1 Å². The van der Waals surface area contributed by atoms with E-state index >= 15 is 0 Å². The molecule has 2 aliphatic heterocycles. The third kappa shape index (κ3) is 3.02. The van der Waals surface area contributed by atoms with Crippen LogP contribution in [-0.2, 0) is 24.3 Å². The smallest absolute Gasteiger partial charge is 0.346 e. The van der Waals surface area contributed by atoms with Gasteiger partial charge < -0.3 is 10.0 Å². The number of rotatable bonds is 2. The van der Waals surface area contributed by atoms with Gasteiger partial charge in [0.1, 0.15) is 12.4 Å². The Balaban J connectivity index is 1.73. The maximum Gasteiger partial charge on any atom is 0.346 e. The van der Waals surface area contributed by atoms with Crippen LogP contribution < -0.4 is 5.69 Å². The number of piperidine rings is 1. The first-order chi connectivity index (χ1) is 10.1. The molecule has 3 heterocycles. The SMILES string of the molecule is O=C(Cn1nc2n(c1=O)CCCCC2)N1CCCC(O)C1. The summed E-state index contributed by atoms with van der Waals surface area (Å²) in [5.41, 5.74) is -0.183. The zero-order valence-corrected chi connectivity index (χ0v) is 12.2. The van der Waals surface area contributed by atoms with Crippen LogP contribution >= 0.6 is 0 Å². The molecule has 21 heavy (non-hydrogen) atoms. The largest absolute Gasteiger partial charge is 0.391 e. The van der Waals surface area contributed by atoms with Gasteiger partial charge in [0.05, 0.1) is 6.10 Å². The number of hydrogen-bond acceptors (Lipinski definition) is 4. The molecule has 0 aliphatic carbocycles. The summed E-state index contributed by atoms with van der Waals surface area (Å²) in [6.07, 6.45) is 5.06. The molecule has 116 valence electrons. The van der Waals surface area contributed by atoms with E-state index in [0.29, 0.717) is 19.6 Å². The van der Waals surface area contributed by atoms with Crippen LogP contribution in [0.5, 0.6) is 0 Å². The monoisotopic (exact) mass is 294 g/mol. The number of hydrogen-bond donors (Lipinski definition) is 1. The fourth-order valence-electron chi connectivity index (χ4n) is 3.14. The van der Waals surface area contributed by atoms with Crippen molar-refractivity contribution in [2.24, 2.45) is 0 Å². The van der Waals surface area contributed by atoms with Crippen molar-refractivity contribution >= 4 is 5.91 Å². The number of amides is 1. The predicted octanol–water partition coefficient (Wildman–Crippen LogP) is -0.245. The lowest BCUT2D eigenvalue weighted by Crippen LogP contribution is -2.44. The van der Waals surface area contributed by atoms with Gasteiger partial charge in [-0.1, -0.05) is 6.42 Å². The Labute approximate surface area is 123 Å². The molecule has 1 atom stereocenters. The van der Waals surface area contributed by atoms with E-state index in [-0.39, 0.29) is 18.1 Å². The molecule has 1 aromatic rings. The van der Waals surface area contributed by atoms with E-state index in [1.807, 2.05) is 0 Å². The van der Waals surface area contributed by atoms with Crippen LogP contribution in [0.1, 0.15) is 37.9 Å². The van der Waals surface area contributed by atoms with Crippen molar-refractivity contribution in [3.05, 3.63) is 16.3 Å². The Morgan fingerprint density at radius 3 is 2.90 bits per heavy atom. The summed E-state index contributed by atoms with van der Waals surface area (Å²) in [5.74, 6) is 0.660. The van der Waals surface area contributed by atoms with Crippen molar-refractivity contribution in [1.29, 1.82) is 0 Å². The molecule has 1 amide bonds. The summed E-state index contributed by atoms with van der Waals surface area (Å²) in [5, 5.41) is 14.0. The normalized spacial score (nSPS) is 22.7. The van der Waals surface area contributed by atoms with Crippen molar-refractivity contribution in [2.75, 3.05) is 13.1 Å². The minimum atomic E-state index is -0.446. The van der Waals surface area contributed by atoms with Crippen LogP contribution in [0.2, 0.25) is 0 Å². The second-order valence-corrected chi connectivity index (χ2v) is 5.95. The number of aryl methyl sites for hydroxylation is 1. The number of aliphatic hydroxyl groups is 1. The summed E-state index contributed by atoms with van der Waals surface area (Å²) in [6, 6.07) is 0. The molecule has 1 unspecified atom stereocenters. The third-order valence-corrected chi connectivity index (χ3v) is 4.32. The highest BCUT2D eigenvalue weighted by molar-refractivity contribution is 5.76. The van der Waals surface area contributed by atoms with Crippen molar-refractivity contribution in [3.63, 3.8) is 0 Å². The van der Waals surface area contributed by atoms with E-state index in [9.17, 15) is 14.7 Å². The molecule has 7 nitrogen and oxygen atoms in total. The Morgan fingerprint density at radius 1 is 1.24 bits per heavy atom. The average Bonchev–Trinajstić information content (AvgIpc) is 2.66. The molecule has 0 saturated carbocycles. The number of carbonyl (C=O) groups excluding carboxylic acids is 1. The highest BCUT2D eigenvalue weighted by Gasteiger charge is 2.24. The highest BCUT2D eigenvalue weighted by Crippen LogP contribution is 2.12. The number of nitrogens with zero attached hydrogens (tertiary/aromatic N) is 4. The third-order valence-electron chi connectivity index (χ3n) is 4.32. The van der Waals surface area contributed by atoms with E-state index in [2.05, 4.69) is 5.10 Å². The number of carbonyl (C=O) groups is 1. The number of aromatic nitrogens is 3. The number of fused-ring (bicyclic) bond motifs is 1. The number of aliphatic hydroxyl groups excluding tert-OH is 1. The number of likely N-dealkylation sites (tertiary alicyclic amines) is 1. The minimum absolute atomic E-state index is 0.0223. The van der Waals surface area contributed by atoms with Crippen LogP contribution in [0.4, 0.5) is 0 Å². The molecule has 0 spiro atoms. The molecule has 3 rings (SSSR count). The lowest BCUT2D eigenvalue weighted by Gasteiger charge is -2.29. The zero-order chi connectivity index (χ0) is 14.8. The Hall–Kier alpha value is -1.63. The summed E-state index contributed by atoms with van der Waals surface area (Å²) in [6.45, 7) is 1.69. The Morgan fingerprint density at radius 2 is 2.10 bits per heavy atom. The van der Waals surface area contributed by atoms with Crippen molar-refractivity contribution in [1.82, 2.24) is 19.2 Å². The summed E-state index contributed by atoms with van der Waals surface area (Å²) >= 11 is 0. The van der Waals surface area contributed by atoms with Gasteiger partial charge >= 0.3 is 5.69 Å². The van der Waals surface area contributed by atoms with Gasteiger partial charge in [-0.2, -0.15) is 5.10 Å². The van der Waals surface area contributed by atoms with Gasteiger partial charge in [0.15, 0.2) is 0 Å². The quantitative estimate of drug-likeness (QED) is 0.816. The second-order valence-electron chi connectivity index (χ2n) is 5.95. The Kier molecular flexibility index (Phi) is 4.10. The molecular weight excluding hydrogens is 272 g/mol. The average molecular weight is 294 g/mol. The van der Waals surface area contributed by atoms with E-state index in [4.69, 9.17) is 0 Å². The standard InChI is InChI=1S/C14H22N4O3/c19-11-5-4-7-16(9-11)13(20)10-18-14(21)17-8-3-1-2-6-12(17)15-18/h11,19H,1-10H2. The highest BCUT2D eigenvalue weighted by atomic mass is 16.3. The minimum Gasteiger partial charge on any atom is -0.391 e. The zero-order valence-electron chi connectivity index (χ0n) is 12.2. The lowest BCUT2D eigenvalue weighted by atomic mass is 10.1. The van der Waals surface area contributed by atoms with Gasteiger partial charge in [0.2, 0.25) is 5.91 Å². The maximum atomic E-state index is 12.3. The van der Waals surface area contributed by atoms with Crippen LogP contribution in [0.25, 0.3) is 0 Å². The second kappa shape index (κ2) is 6.01. The molecule has 1 saturated heterocycles. The first kappa shape index (κ1) is 14.3. The van der Waals surface area contributed by atoms with Crippen LogP contribution in [-0.4, -0.2) is 49.5 Å². The molecular formula is C14H22N4O3. The van der Waals surface area contributed by atoms with Crippen molar-refractivity contribution < 1.29 is 9.90 Å². The van der Waals surface area contributed by atoms with Gasteiger partial charge in [-0.05, 0) is 25.7 Å². The summed E-state index contributed by atoms with van der Waals surface area (Å²) in [7, 11) is 0. The number of β-amino-alcohol motifs (C(OH)–C–C–N with tert-alkyl or cyclic N) is 1. The van der Waals surface area contributed by atoms with Crippen molar-refractivity contribution in [3.8, 4) is 0 Å². The van der Waals surface area contributed by atoms with E-state index in [0.717, 1.165) is 44.3 Å². The molecule has 1 aromatic heterocycles. The molecule has 0 aromatic carbocycles. The predicted molar refractivity (Wildman–Crippen MR) is 75.9 cm³/mol. The fraction of sp³-hybridized carbons (Fsp3) is 0.786. The molecule has 0 bridgehead atoms. The lowest BCUT2D eigenvalue weighted by molar-refractivity contribution is -0.135. The summed E-state index contributed by atoms with van der Waals surface area (Å²) < 4.78 is 2.98. The van der Waals surface area contributed by atoms with Crippen LogP contribution in [0.3, 0.4) is 0 Å². The molecule has 2 aliphatic rings. The van der Waals surface area contributed by atoms with E-state index < -0.39 is 6.10 Å². The summed E-state index contributed by atoms with van der Waals surface area (Å²) in [4.78, 5) is 26.2. The van der Waals surface area contributed by atoms with Gasteiger partial charge in [-0.3, -0.25) is 9.36 Å². The van der Waals surface area contributed by atoms with E-state index in [1.165, 1.54) is 4.68 Å².